The van der Waals surface area contributed by atoms with Crippen LogP contribution in [0.5, 0.6) is 0 Å². The van der Waals surface area contributed by atoms with Gasteiger partial charge in [0, 0.05) is 37.6 Å². The molecule has 0 aliphatic carbocycles. The number of nitrogens with one attached hydrogen (secondary N) is 2. The van der Waals surface area contributed by atoms with Crippen LogP contribution in [-0.4, -0.2) is 36.8 Å². The van der Waals surface area contributed by atoms with Crippen LogP contribution < -0.4 is 10.6 Å². The average Bonchev–Trinajstić information content (AvgIpc) is 2.39. The highest BCUT2D eigenvalue weighted by atomic mass is 16.5. The predicted molar refractivity (Wildman–Crippen MR) is 72.5 cm³/mol. The van der Waals surface area contributed by atoms with Crippen LogP contribution in [0.3, 0.4) is 0 Å². The molecule has 0 radical (unpaired) electrons. The highest BCUT2D eigenvalue weighted by molar-refractivity contribution is 5.21. The summed E-state index contributed by atoms with van der Waals surface area (Å²) in [6.07, 6.45) is 4.87. The van der Waals surface area contributed by atoms with Gasteiger partial charge in [0.15, 0.2) is 0 Å². The fraction of sp³-hybridized carbons (Fsp3) is 0.643. The third kappa shape index (κ3) is 4.05. The van der Waals surface area contributed by atoms with Gasteiger partial charge in [-0.15, -0.1) is 0 Å². The van der Waals surface area contributed by atoms with Gasteiger partial charge >= 0.3 is 0 Å². The molecule has 1 aliphatic rings. The van der Waals surface area contributed by atoms with Crippen molar-refractivity contribution in [1.82, 2.24) is 15.6 Å². The molecule has 2 N–H and O–H groups in total. The molecule has 2 atom stereocenters. The molecule has 2 rings (SSSR count). The van der Waals surface area contributed by atoms with Gasteiger partial charge in [0.25, 0.3) is 0 Å². The number of pyridine rings is 1. The number of aromatic nitrogens is 1. The number of aryl methyl sites for hydroxylation is 1. The molecule has 0 spiro atoms. The maximum absolute atomic E-state index is 5.47. The summed E-state index contributed by atoms with van der Waals surface area (Å²) in [5, 5.41) is 7.05. The lowest BCUT2D eigenvalue weighted by atomic mass is 10.1. The second kappa shape index (κ2) is 6.83. The molecule has 0 aromatic carbocycles. The Labute approximate surface area is 109 Å². The minimum atomic E-state index is 0.483. The highest BCUT2D eigenvalue weighted by Gasteiger charge is 2.15. The first kappa shape index (κ1) is 13.5. The molecular weight excluding hydrogens is 226 g/mol. The summed E-state index contributed by atoms with van der Waals surface area (Å²) in [6, 6.07) is 3.05. The summed E-state index contributed by atoms with van der Waals surface area (Å²) in [6.45, 7) is 7.89. The van der Waals surface area contributed by atoms with E-state index in [-0.39, 0.29) is 0 Å². The van der Waals surface area contributed by atoms with E-state index in [9.17, 15) is 0 Å². The first-order valence-corrected chi connectivity index (χ1v) is 6.69. The molecule has 1 saturated heterocycles. The standard InChI is InChI=1S/C14H23N3O/c1-11-8-15-4-3-13(11)9-17-12(2)7-14-10-18-6-5-16-14/h3-4,8,12,14,16-17H,5-7,9-10H2,1-2H3. The minimum Gasteiger partial charge on any atom is -0.379 e. The Kier molecular flexibility index (Phi) is 5.11. The summed E-state index contributed by atoms with van der Waals surface area (Å²) in [5.74, 6) is 0. The van der Waals surface area contributed by atoms with Gasteiger partial charge in [0.05, 0.1) is 13.2 Å². The van der Waals surface area contributed by atoms with Crippen molar-refractivity contribution in [3.63, 3.8) is 0 Å². The summed E-state index contributed by atoms with van der Waals surface area (Å²) in [5.41, 5.74) is 2.57. The van der Waals surface area contributed by atoms with Gasteiger partial charge < -0.3 is 15.4 Å². The van der Waals surface area contributed by atoms with E-state index in [1.807, 2.05) is 12.4 Å². The topological polar surface area (TPSA) is 46.2 Å². The van der Waals surface area contributed by atoms with E-state index in [0.29, 0.717) is 12.1 Å². The second-order valence-electron chi connectivity index (χ2n) is 5.05. The number of nitrogens with zero attached hydrogens (tertiary/aromatic N) is 1. The molecule has 1 aromatic rings. The quantitative estimate of drug-likeness (QED) is 0.824. The zero-order valence-electron chi connectivity index (χ0n) is 11.3. The molecule has 0 saturated carbocycles. The molecule has 18 heavy (non-hydrogen) atoms. The number of hydrogen-bond donors (Lipinski definition) is 2. The van der Waals surface area contributed by atoms with Gasteiger partial charge in [0.1, 0.15) is 0 Å². The van der Waals surface area contributed by atoms with E-state index < -0.39 is 0 Å². The number of ether oxygens (including phenoxy) is 1. The van der Waals surface area contributed by atoms with Gasteiger partial charge in [-0.2, -0.15) is 0 Å². The molecule has 2 heterocycles. The van der Waals surface area contributed by atoms with Crippen molar-refractivity contribution in [2.75, 3.05) is 19.8 Å². The second-order valence-corrected chi connectivity index (χ2v) is 5.05. The molecule has 4 nitrogen and oxygen atoms in total. The number of rotatable bonds is 5. The Morgan fingerprint density at radius 2 is 2.50 bits per heavy atom. The predicted octanol–water partition coefficient (Wildman–Crippen LogP) is 1.25. The first-order valence-electron chi connectivity index (χ1n) is 6.69. The Morgan fingerprint density at radius 3 is 3.22 bits per heavy atom. The lowest BCUT2D eigenvalue weighted by Gasteiger charge is -2.26. The summed E-state index contributed by atoms with van der Waals surface area (Å²) >= 11 is 0. The van der Waals surface area contributed by atoms with Crippen molar-refractivity contribution >= 4 is 0 Å². The van der Waals surface area contributed by atoms with Gasteiger partial charge in [-0.1, -0.05) is 0 Å². The lowest BCUT2D eigenvalue weighted by Crippen LogP contribution is -2.44. The van der Waals surface area contributed by atoms with Crippen LogP contribution in [0.1, 0.15) is 24.5 Å². The number of hydrogen-bond acceptors (Lipinski definition) is 4. The Hall–Kier alpha value is -0.970. The van der Waals surface area contributed by atoms with Crippen molar-refractivity contribution in [2.24, 2.45) is 0 Å². The van der Waals surface area contributed by atoms with E-state index in [2.05, 4.69) is 35.5 Å². The highest BCUT2D eigenvalue weighted by Crippen LogP contribution is 2.07. The van der Waals surface area contributed by atoms with Crippen molar-refractivity contribution in [1.29, 1.82) is 0 Å². The monoisotopic (exact) mass is 249 g/mol. The van der Waals surface area contributed by atoms with Crippen LogP contribution in [0.2, 0.25) is 0 Å². The molecule has 2 unspecified atom stereocenters. The fourth-order valence-electron chi connectivity index (χ4n) is 2.27. The molecule has 4 heteroatoms. The molecular formula is C14H23N3O. The van der Waals surface area contributed by atoms with E-state index in [1.165, 1.54) is 11.1 Å². The first-order chi connectivity index (χ1) is 8.75. The summed E-state index contributed by atoms with van der Waals surface area (Å²) < 4.78 is 5.47. The summed E-state index contributed by atoms with van der Waals surface area (Å²) in [7, 11) is 0. The van der Waals surface area contributed by atoms with Gasteiger partial charge in [-0.25, -0.2) is 0 Å². The van der Waals surface area contributed by atoms with Crippen LogP contribution in [-0.2, 0) is 11.3 Å². The SMILES string of the molecule is Cc1cnccc1CNC(C)CC1COCCN1. The Balaban J connectivity index is 1.74. The van der Waals surface area contributed by atoms with Crippen molar-refractivity contribution < 1.29 is 4.74 Å². The molecule has 0 amide bonds. The maximum Gasteiger partial charge on any atom is 0.0620 e. The van der Waals surface area contributed by atoms with Crippen LogP contribution >= 0.6 is 0 Å². The van der Waals surface area contributed by atoms with E-state index in [4.69, 9.17) is 4.74 Å². The van der Waals surface area contributed by atoms with Crippen molar-refractivity contribution in [3.8, 4) is 0 Å². The third-order valence-corrected chi connectivity index (χ3v) is 3.41. The molecule has 1 aliphatic heterocycles. The maximum atomic E-state index is 5.47. The van der Waals surface area contributed by atoms with E-state index in [1.54, 1.807) is 0 Å². The average molecular weight is 249 g/mol. The van der Waals surface area contributed by atoms with E-state index >= 15 is 0 Å². The van der Waals surface area contributed by atoms with Crippen LogP contribution in [0, 0.1) is 6.92 Å². The lowest BCUT2D eigenvalue weighted by molar-refractivity contribution is 0.0712. The van der Waals surface area contributed by atoms with Crippen molar-refractivity contribution in [3.05, 3.63) is 29.6 Å². The third-order valence-electron chi connectivity index (χ3n) is 3.41. The van der Waals surface area contributed by atoms with Crippen LogP contribution in [0.4, 0.5) is 0 Å². The fourth-order valence-corrected chi connectivity index (χ4v) is 2.27. The molecule has 100 valence electrons. The smallest absolute Gasteiger partial charge is 0.0620 e. The van der Waals surface area contributed by atoms with Gasteiger partial charge in [-0.05, 0) is 37.5 Å². The normalized spacial score (nSPS) is 21.8. The minimum absolute atomic E-state index is 0.483. The molecule has 1 fully saturated rings. The van der Waals surface area contributed by atoms with Crippen LogP contribution in [0.15, 0.2) is 18.5 Å². The van der Waals surface area contributed by atoms with Crippen LogP contribution in [0.25, 0.3) is 0 Å². The zero-order chi connectivity index (χ0) is 12.8. The van der Waals surface area contributed by atoms with Gasteiger partial charge in [0.2, 0.25) is 0 Å². The molecule has 1 aromatic heterocycles. The number of morpholine rings is 1. The van der Waals surface area contributed by atoms with Gasteiger partial charge in [-0.3, -0.25) is 4.98 Å². The van der Waals surface area contributed by atoms with Crippen molar-refractivity contribution in [2.45, 2.75) is 38.9 Å². The Morgan fingerprint density at radius 1 is 1.61 bits per heavy atom. The molecule has 0 bridgehead atoms. The Bertz CT molecular complexity index is 364. The van der Waals surface area contributed by atoms with E-state index in [0.717, 1.165) is 32.7 Å². The summed E-state index contributed by atoms with van der Waals surface area (Å²) in [4.78, 5) is 4.11. The largest absolute Gasteiger partial charge is 0.379 e. The zero-order valence-corrected chi connectivity index (χ0v) is 11.3.